The molecule has 3 aromatic carbocycles. The Morgan fingerprint density at radius 2 is 0.964 bits per heavy atom. The molecular weight excluding hydrogens is 376 g/mol. The van der Waals surface area contributed by atoms with Crippen LogP contribution in [0.15, 0.2) is 72.8 Å². The highest BCUT2D eigenvalue weighted by atomic mass is 32.1. The SMILES string of the molecule is CCc1ccc(-c2ccc3cc4cc(-c5ccc(CC)s5)ccc4cc3c2)s1. The molecule has 2 aromatic heterocycles. The molecule has 0 aliphatic heterocycles. The number of rotatable bonds is 4. The van der Waals surface area contributed by atoms with Gasteiger partial charge in [0.2, 0.25) is 0 Å². The van der Waals surface area contributed by atoms with E-state index in [4.69, 9.17) is 0 Å². The second-order valence-electron chi connectivity index (χ2n) is 7.22. The number of thiophene rings is 2. The zero-order valence-electron chi connectivity index (χ0n) is 16.2. The third-order valence-corrected chi connectivity index (χ3v) is 7.94. The van der Waals surface area contributed by atoms with E-state index < -0.39 is 0 Å². The highest BCUT2D eigenvalue weighted by Crippen LogP contribution is 2.34. The van der Waals surface area contributed by atoms with E-state index in [1.54, 1.807) is 0 Å². The zero-order chi connectivity index (χ0) is 19.1. The number of aryl methyl sites for hydroxylation is 2. The lowest BCUT2D eigenvalue weighted by atomic mass is 9.99. The summed E-state index contributed by atoms with van der Waals surface area (Å²) in [4.78, 5) is 5.61. The van der Waals surface area contributed by atoms with Gasteiger partial charge in [-0.3, -0.25) is 0 Å². The Kier molecular flexibility index (Phi) is 4.54. The average Bonchev–Trinajstić information content (AvgIpc) is 3.41. The standard InChI is InChI=1S/C26H22S2/c1-3-23-9-11-25(27-23)19-7-5-17-14-22-16-20(26-12-10-24(4-2)28-26)8-6-18(22)13-21(17)15-19/h5-16H,3-4H2,1-2H3. The van der Waals surface area contributed by atoms with Crippen LogP contribution in [0.4, 0.5) is 0 Å². The normalized spacial score (nSPS) is 11.5. The van der Waals surface area contributed by atoms with Crippen molar-refractivity contribution in [3.63, 3.8) is 0 Å². The lowest BCUT2D eigenvalue weighted by Crippen LogP contribution is -1.80. The summed E-state index contributed by atoms with van der Waals surface area (Å²) in [6, 6.07) is 27.4. The molecule has 0 unspecified atom stereocenters. The molecule has 0 amide bonds. The molecule has 138 valence electrons. The van der Waals surface area contributed by atoms with Gasteiger partial charge in [0.25, 0.3) is 0 Å². The summed E-state index contributed by atoms with van der Waals surface area (Å²) in [6.07, 6.45) is 2.21. The van der Waals surface area contributed by atoms with E-state index >= 15 is 0 Å². The van der Waals surface area contributed by atoms with Crippen molar-refractivity contribution in [3.05, 3.63) is 82.6 Å². The maximum atomic E-state index is 2.33. The van der Waals surface area contributed by atoms with Crippen LogP contribution >= 0.6 is 22.7 Å². The van der Waals surface area contributed by atoms with Crippen molar-refractivity contribution in [1.82, 2.24) is 0 Å². The van der Waals surface area contributed by atoms with Gasteiger partial charge in [-0.2, -0.15) is 0 Å². The van der Waals surface area contributed by atoms with E-state index in [1.807, 2.05) is 22.7 Å². The van der Waals surface area contributed by atoms with Gasteiger partial charge in [-0.1, -0.05) is 38.1 Å². The molecule has 2 heteroatoms. The molecule has 0 bridgehead atoms. The Morgan fingerprint density at radius 3 is 1.36 bits per heavy atom. The van der Waals surface area contributed by atoms with E-state index in [0.717, 1.165) is 12.8 Å². The van der Waals surface area contributed by atoms with Crippen molar-refractivity contribution in [3.8, 4) is 20.9 Å². The smallest absolute Gasteiger partial charge is 0.0345 e. The minimum absolute atomic E-state index is 1.11. The molecule has 5 rings (SSSR count). The summed E-state index contributed by atoms with van der Waals surface area (Å²) < 4.78 is 0. The molecule has 28 heavy (non-hydrogen) atoms. The lowest BCUT2D eigenvalue weighted by Gasteiger charge is -2.07. The molecule has 0 spiro atoms. The van der Waals surface area contributed by atoms with Crippen molar-refractivity contribution in [2.45, 2.75) is 26.7 Å². The molecule has 0 aliphatic rings. The van der Waals surface area contributed by atoms with Crippen LogP contribution in [0.2, 0.25) is 0 Å². The van der Waals surface area contributed by atoms with Crippen LogP contribution in [0.5, 0.6) is 0 Å². The average molecular weight is 399 g/mol. The van der Waals surface area contributed by atoms with Gasteiger partial charge in [-0.15, -0.1) is 22.7 Å². The third-order valence-electron chi connectivity index (χ3n) is 5.38. The molecule has 0 N–H and O–H groups in total. The first kappa shape index (κ1) is 17.7. The van der Waals surface area contributed by atoms with Crippen LogP contribution < -0.4 is 0 Å². The Labute approximate surface area is 174 Å². The molecule has 0 radical (unpaired) electrons. The minimum atomic E-state index is 1.11. The van der Waals surface area contributed by atoms with Crippen LogP contribution in [-0.2, 0) is 12.8 Å². The molecule has 0 saturated heterocycles. The molecule has 0 saturated carbocycles. The number of benzene rings is 3. The third kappa shape index (κ3) is 3.17. The lowest BCUT2D eigenvalue weighted by molar-refractivity contribution is 1.19. The van der Waals surface area contributed by atoms with Gasteiger partial charge in [-0.25, -0.2) is 0 Å². The predicted octanol–water partition coefficient (Wildman–Crippen LogP) is 8.57. The van der Waals surface area contributed by atoms with E-state index in [1.165, 1.54) is 52.2 Å². The summed E-state index contributed by atoms with van der Waals surface area (Å²) in [5.74, 6) is 0. The molecule has 0 nitrogen and oxygen atoms in total. The molecule has 0 atom stereocenters. The van der Waals surface area contributed by atoms with Gasteiger partial charge in [-0.05, 0) is 94.0 Å². The minimum Gasteiger partial charge on any atom is -0.140 e. The van der Waals surface area contributed by atoms with Crippen molar-refractivity contribution in [2.75, 3.05) is 0 Å². The first-order valence-electron chi connectivity index (χ1n) is 9.89. The quantitative estimate of drug-likeness (QED) is 0.266. The second kappa shape index (κ2) is 7.20. The molecule has 0 aliphatic carbocycles. The summed E-state index contributed by atoms with van der Waals surface area (Å²) in [7, 11) is 0. The first-order chi connectivity index (χ1) is 13.7. The number of hydrogen-bond donors (Lipinski definition) is 0. The van der Waals surface area contributed by atoms with Gasteiger partial charge in [0.05, 0.1) is 0 Å². The Morgan fingerprint density at radius 1 is 0.500 bits per heavy atom. The van der Waals surface area contributed by atoms with E-state index in [2.05, 4.69) is 86.6 Å². The first-order valence-corrected chi connectivity index (χ1v) is 11.5. The summed E-state index contributed by atoms with van der Waals surface area (Å²) in [5, 5.41) is 5.24. The van der Waals surface area contributed by atoms with Gasteiger partial charge in [0, 0.05) is 19.5 Å². The van der Waals surface area contributed by atoms with Gasteiger partial charge >= 0.3 is 0 Å². The Bertz CT molecular complexity index is 1180. The van der Waals surface area contributed by atoms with Gasteiger partial charge in [0.15, 0.2) is 0 Å². The molecule has 0 fully saturated rings. The molecular formula is C26H22S2. The largest absolute Gasteiger partial charge is 0.140 e. The fourth-order valence-electron chi connectivity index (χ4n) is 3.75. The Balaban J connectivity index is 1.58. The summed E-state index contributed by atoms with van der Waals surface area (Å²) >= 11 is 3.81. The molecule has 2 heterocycles. The number of hydrogen-bond acceptors (Lipinski definition) is 2. The maximum absolute atomic E-state index is 2.33. The Hall–Kier alpha value is -2.42. The van der Waals surface area contributed by atoms with E-state index in [-0.39, 0.29) is 0 Å². The fourth-order valence-corrected chi connectivity index (χ4v) is 5.64. The van der Waals surface area contributed by atoms with Gasteiger partial charge in [0.1, 0.15) is 0 Å². The maximum Gasteiger partial charge on any atom is 0.0345 e. The van der Waals surface area contributed by atoms with E-state index in [9.17, 15) is 0 Å². The van der Waals surface area contributed by atoms with Gasteiger partial charge < -0.3 is 0 Å². The topological polar surface area (TPSA) is 0 Å². The zero-order valence-corrected chi connectivity index (χ0v) is 17.8. The van der Waals surface area contributed by atoms with E-state index in [0.29, 0.717) is 0 Å². The van der Waals surface area contributed by atoms with Crippen molar-refractivity contribution in [1.29, 1.82) is 0 Å². The van der Waals surface area contributed by atoms with Crippen LogP contribution in [0.1, 0.15) is 23.6 Å². The fraction of sp³-hybridized carbons (Fsp3) is 0.154. The van der Waals surface area contributed by atoms with Crippen molar-refractivity contribution >= 4 is 44.2 Å². The van der Waals surface area contributed by atoms with Crippen LogP contribution in [-0.4, -0.2) is 0 Å². The summed E-state index contributed by atoms with van der Waals surface area (Å²) in [6.45, 7) is 4.44. The number of fused-ring (bicyclic) bond motifs is 2. The van der Waals surface area contributed by atoms with Crippen molar-refractivity contribution < 1.29 is 0 Å². The van der Waals surface area contributed by atoms with Crippen molar-refractivity contribution in [2.24, 2.45) is 0 Å². The predicted molar refractivity (Wildman–Crippen MR) is 127 cm³/mol. The van der Waals surface area contributed by atoms with Crippen LogP contribution in [0, 0.1) is 0 Å². The highest BCUT2D eigenvalue weighted by Gasteiger charge is 2.07. The highest BCUT2D eigenvalue weighted by molar-refractivity contribution is 7.15. The summed E-state index contributed by atoms with van der Waals surface area (Å²) in [5.41, 5.74) is 2.64. The van der Waals surface area contributed by atoms with Crippen LogP contribution in [0.3, 0.4) is 0 Å². The molecule has 5 aromatic rings. The monoisotopic (exact) mass is 398 g/mol. The second-order valence-corrected chi connectivity index (χ2v) is 9.55. The van der Waals surface area contributed by atoms with Crippen LogP contribution in [0.25, 0.3) is 42.4 Å².